The molecule has 2 heterocycles. The van der Waals surface area contributed by atoms with E-state index in [2.05, 4.69) is 52.8 Å². The Morgan fingerprint density at radius 2 is 2.28 bits per heavy atom. The predicted octanol–water partition coefficient (Wildman–Crippen LogP) is 3.25. The highest BCUT2D eigenvalue weighted by atomic mass is 32.1. The Labute approximate surface area is 112 Å². The average Bonchev–Trinajstić information content (AvgIpc) is 2.90. The van der Waals surface area contributed by atoms with Crippen LogP contribution in [-0.2, 0) is 6.42 Å². The highest BCUT2D eigenvalue weighted by molar-refractivity contribution is 7.09. The van der Waals surface area contributed by atoms with Crippen LogP contribution in [0.15, 0.2) is 36.0 Å². The zero-order valence-corrected chi connectivity index (χ0v) is 11.7. The molecule has 0 saturated heterocycles. The van der Waals surface area contributed by atoms with Gasteiger partial charge < -0.3 is 10.2 Å². The highest BCUT2D eigenvalue weighted by Gasteiger charge is 2.03. The highest BCUT2D eigenvalue weighted by Crippen LogP contribution is 2.17. The van der Waals surface area contributed by atoms with Crippen molar-refractivity contribution in [3.05, 3.63) is 40.8 Å². The molecule has 18 heavy (non-hydrogen) atoms. The summed E-state index contributed by atoms with van der Waals surface area (Å²) in [5.41, 5.74) is 2.24. The summed E-state index contributed by atoms with van der Waals surface area (Å²) < 4.78 is 0. The van der Waals surface area contributed by atoms with Crippen LogP contribution in [0.2, 0.25) is 0 Å². The van der Waals surface area contributed by atoms with Gasteiger partial charge in [0.2, 0.25) is 0 Å². The molecule has 4 heteroatoms. The molecule has 0 unspecified atom stereocenters. The van der Waals surface area contributed by atoms with E-state index < -0.39 is 0 Å². The fraction of sp³-hybridized carbons (Fsp3) is 0.357. The molecule has 2 rings (SSSR count). The van der Waals surface area contributed by atoms with Crippen molar-refractivity contribution in [1.82, 2.24) is 4.98 Å². The van der Waals surface area contributed by atoms with Crippen molar-refractivity contribution in [3.8, 4) is 0 Å². The summed E-state index contributed by atoms with van der Waals surface area (Å²) in [6, 6.07) is 6.43. The van der Waals surface area contributed by atoms with E-state index in [1.807, 2.05) is 23.7 Å². The van der Waals surface area contributed by atoms with E-state index in [1.165, 1.54) is 4.88 Å². The van der Waals surface area contributed by atoms with Crippen LogP contribution in [0.3, 0.4) is 0 Å². The van der Waals surface area contributed by atoms with Crippen molar-refractivity contribution in [2.45, 2.75) is 13.3 Å². The summed E-state index contributed by atoms with van der Waals surface area (Å²) in [4.78, 5) is 7.94. The van der Waals surface area contributed by atoms with Crippen LogP contribution in [0, 0.1) is 0 Å². The standard InChI is InChI=1S/C14H19N3S/c1-3-16-12-9-13(11-15-10-12)17(2)7-6-14-5-4-8-18-14/h4-5,8-11,16H,3,6-7H2,1-2H3. The van der Waals surface area contributed by atoms with Gasteiger partial charge in [0.05, 0.1) is 23.8 Å². The van der Waals surface area contributed by atoms with E-state index in [0.29, 0.717) is 0 Å². The zero-order chi connectivity index (χ0) is 12.8. The number of aromatic nitrogens is 1. The van der Waals surface area contributed by atoms with E-state index in [4.69, 9.17) is 0 Å². The molecule has 0 amide bonds. The molecule has 0 aromatic carbocycles. The number of anilines is 2. The smallest absolute Gasteiger partial charge is 0.0571 e. The second kappa shape index (κ2) is 6.40. The van der Waals surface area contributed by atoms with E-state index in [-0.39, 0.29) is 0 Å². The van der Waals surface area contributed by atoms with Crippen molar-refractivity contribution < 1.29 is 0 Å². The van der Waals surface area contributed by atoms with Crippen LogP contribution < -0.4 is 10.2 Å². The van der Waals surface area contributed by atoms with Gasteiger partial charge in [-0.15, -0.1) is 11.3 Å². The number of hydrogen-bond donors (Lipinski definition) is 1. The average molecular weight is 261 g/mol. The molecule has 96 valence electrons. The SMILES string of the molecule is CCNc1cncc(N(C)CCc2cccs2)c1. The lowest BCUT2D eigenvalue weighted by Crippen LogP contribution is -2.20. The molecular formula is C14H19N3S. The van der Waals surface area contributed by atoms with Crippen LogP contribution in [-0.4, -0.2) is 25.1 Å². The fourth-order valence-electron chi connectivity index (χ4n) is 1.80. The van der Waals surface area contributed by atoms with Crippen molar-refractivity contribution >= 4 is 22.7 Å². The second-order valence-electron chi connectivity index (χ2n) is 4.21. The maximum atomic E-state index is 4.27. The topological polar surface area (TPSA) is 28.2 Å². The number of likely N-dealkylation sites (N-methyl/N-ethyl adjacent to an activating group) is 1. The molecule has 2 aromatic rings. The van der Waals surface area contributed by atoms with Crippen LogP contribution in [0.5, 0.6) is 0 Å². The molecule has 0 aliphatic rings. The van der Waals surface area contributed by atoms with Gasteiger partial charge in [-0.3, -0.25) is 4.98 Å². The first kappa shape index (κ1) is 12.9. The molecular weight excluding hydrogens is 242 g/mol. The largest absolute Gasteiger partial charge is 0.384 e. The summed E-state index contributed by atoms with van der Waals surface area (Å²) in [7, 11) is 2.11. The molecule has 0 saturated carbocycles. The first-order chi connectivity index (χ1) is 8.79. The van der Waals surface area contributed by atoms with Gasteiger partial charge in [0.15, 0.2) is 0 Å². The quantitative estimate of drug-likeness (QED) is 0.865. The predicted molar refractivity (Wildman–Crippen MR) is 79.7 cm³/mol. The van der Waals surface area contributed by atoms with Gasteiger partial charge >= 0.3 is 0 Å². The van der Waals surface area contributed by atoms with E-state index in [1.54, 1.807) is 0 Å². The minimum atomic E-state index is 0.921. The maximum Gasteiger partial charge on any atom is 0.0571 e. The van der Waals surface area contributed by atoms with Gasteiger partial charge in [-0.25, -0.2) is 0 Å². The lowest BCUT2D eigenvalue weighted by Gasteiger charge is -2.19. The van der Waals surface area contributed by atoms with Gasteiger partial charge in [0, 0.05) is 25.0 Å². The molecule has 1 N–H and O–H groups in total. The van der Waals surface area contributed by atoms with Crippen molar-refractivity contribution in [1.29, 1.82) is 0 Å². The zero-order valence-electron chi connectivity index (χ0n) is 10.9. The number of nitrogens with zero attached hydrogens (tertiary/aromatic N) is 2. The van der Waals surface area contributed by atoms with Crippen molar-refractivity contribution in [3.63, 3.8) is 0 Å². The van der Waals surface area contributed by atoms with Crippen molar-refractivity contribution in [2.24, 2.45) is 0 Å². The van der Waals surface area contributed by atoms with E-state index >= 15 is 0 Å². The third-order valence-corrected chi connectivity index (χ3v) is 3.76. The second-order valence-corrected chi connectivity index (χ2v) is 5.25. The summed E-state index contributed by atoms with van der Waals surface area (Å²) in [5, 5.41) is 5.41. The molecule has 0 atom stereocenters. The molecule has 0 aliphatic heterocycles. The van der Waals surface area contributed by atoms with Crippen LogP contribution in [0.25, 0.3) is 0 Å². The number of rotatable bonds is 6. The molecule has 0 fully saturated rings. The monoisotopic (exact) mass is 261 g/mol. The first-order valence-electron chi connectivity index (χ1n) is 6.22. The molecule has 3 nitrogen and oxygen atoms in total. The third-order valence-electron chi connectivity index (χ3n) is 2.82. The lowest BCUT2D eigenvalue weighted by molar-refractivity contribution is 0.884. The van der Waals surface area contributed by atoms with Crippen LogP contribution in [0.1, 0.15) is 11.8 Å². The van der Waals surface area contributed by atoms with Gasteiger partial charge in [-0.1, -0.05) is 6.07 Å². The van der Waals surface area contributed by atoms with Gasteiger partial charge in [0.1, 0.15) is 0 Å². The number of thiophene rings is 1. The molecule has 2 aromatic heterocycles. The minimum absolute atomic E-state index is 0.921. The summed E-state index contributed by atoms with van der Waals surface area (Å²) in [5.74, 6) is 0. The van der Waals surface area contributed by atoms with Gasteiger partial charge in [-0.05, 0) is 30.9 Å². The normalized spacial score (nSPS) is 10.3. The first-order valence-corrected chi connectivity index (χ1v) is 7.10. The Hall–Kier alpha value is -1.55. The minimum Gasteiger partial charge on any atom is -0.384 e. The number of pyridine rings is 1. The Balaban J connectivity index is 1.95. The Kier molecular flexibility index (Phi) is 4.59. The molecule has 0 spiro atoms. The molecule has 0 bridgehead atoms. The summed E-state index contributed by atoms with van der Waals surface area (Å²) in [6.07, 6.45) is 4.86. The number of nitrogens with one attached hydrogen (secondary N) is 1. The molecule has 0 aliphatic carbocycles. The van der Waals surface area contributed by atoms with Crippen molar-refractivity contribution in [2.75, 3.05) is 30.4 Å². The lowest BCUT2D eigenvalue weighted by atomic mass is 10.3. The van der Waals surface area contributed by atoms with Crippen LogP contribution >= 0.6 is 11.3 Å². The summed E-state index contributed by atoms with van der Waals surface area (Å²) in [6.45, 7) is 4.02. The third kappa shape index (κ3) is 3.47. The Morgan fingerprint density at radius 3 is 3.00 bits per heavy atom. The van der Waals surface area contributed by atoms with Gasteiger partial charge in [-0.2, -0.15) is 0 Å². The van der Waals surface area contributed by atoms with E-state index in [9.17, 15) is 0 Å². The van der Waals surface area contributed by atoms with Gasteiger partial charge in [0.25, 0.3) is 0 Å². The van der Waals surface area contributed by atoms with Crippen LogP contribution in [0.4, 0.5) is 11.4 Å². The molecule has 0 radical (unpaired) electrons. The summed E-state index contributed by atoms with van der Waals surface area (Å²) >= 11 is 1.82. The Bertz CT molecular complexity index is 468. The van der Waals surface area contributed by atoms with E-state index in [0.717, 1.165) is 30.9 Å². The maximum absolute atomic E-state index is 4.27. The number of hydrogen-bond acceptors (Lipinski definition) is 4. The fourth-order valence-corrected chi connectivity index (χ4v) is 2.50. The Morgan fingerprint density at radius 1 is 1.39 bits per heavy atom.